The van der Waals surface area contributed by atoms with Gasteiger partial charge in [0.25, 0.3) is 0 Å². The molecule has 0 saturated heterocycles. The molecule has 3 aromatic rings. The maximum atomic E-state index is 12.2. The van der Waals surface area contributed by atoms with Gasteiger partial charge in [0.1, 0.15) is 0 Å². The Hall–Kier alpha value is -2.91. The van der Waals surface area contributed by atoms with Gasteiger partial charge in [0.2, 0.25) is 5.91 Å². The van der Waals surface area contributed by atoms with Crippen LogP contribution in [-0.2, 0) is 17.8 Å². The van der Waals surface area contributed by atoms with E-state index in [2.05, 4.69) is 28.8 Å². The molecule has 3 nitrogen and oxygen atoms in total. The quantitative estimate of drug-likeness (QED) is 0.687. The van der Waals surface area contributed by atoms with Gasteiger partial charge in [-0.15, -0.1) is 0 Å². The number of amides is 1. The van der Waals surface area contributed by atoms with Crippen LogP contribution in [0.4, 0.5) is 5.69 Å². The zero-order valence-corrected chi connectivity index (χ0v) is 14.1. The smallest absolute Gasteiger partial charge is 0.238 e. The number of para-hydroxylation sites is 1. The fraction of sp³-hybridized carbons (Fsp3) is 0.136. The van der Waals surface area contributed by atoms with Gasteiger partial charge >= 0.3 is 0 Å². The lowest BCUT2D eigenvalue weighted by molar-refractivity contribution is -0.115. The van der Waals surface area contributed by atoms with Crippen LogP contribution in [0.15, 0.2) is 84.9 Å². The van der Waals surface area contributed by atoms with E-state index in [4.69, 9.17) is 0 Å². The topological polar surface area (TPSA) is 41.1 Å². The Bertz CT molecular complexity index is 801. The van der Waals surface area contributed by atoms with Gasteiger partial charge in [-0.25, -0.2) is 0 Å². The molecule has 0 bridgehead atoms. The third-order valence-electron chi connectivity index (χ3n) is 3.99. The van der Waals surface area contributed by atoms with E-state index in [1.54, 1.807) is 0 Å². The van der Waals surface area contributed by atoms with Gasteiger partial charge in [-0.2, -0.15) is 0 Å². The number of carbonyl (C=O) groups excluding carboxylic acids is 1. The largest absolute Gasteiger partial charge is 0.325 e. The van der Waals surface area contributed by atoms with Gasteiger partial charge in [0.15, 0.2) is 0 Å². The predicted octanol–water partition coefficient (Wildman–Crippen LogP) is 4.01. The summed E-state index contributed by atoms with van der Waals surface area (Å²) in [5.41, 5.74) is 4.38. The van der Waals surface area contributed by atoms with Crippen molar-refractivity contribution in [2.45, 2.75) is 13.0 Å². The molecule has 0 aromatic heterocycles. The summed E-state index contributed by atoms with van der Waals surface area (Å²) in [6, 6.07) is 28.3. The first-order valence-electron chi connectivity index (χ1n) is 8.47. The number of hydrogen-bond donors (Lipinski definition) is 2. The van der Waals surface area contributed by atoms with E-state index in [-0.39, 0.29) is 12.5 Å². The minimum atomic E-state index is -0.0311. The maximum Gasteiger partial charge on any atom is 0.238 e. The highest BCUT2D eigenvalue weighted by molar-refractivity contribution is 5.93. The minimum Gasteiger partial charge on any atom is -0.325 e. The van der Waals surface area contributed by atoms with Crippen LogP contribution in [0.1, 0.15) is 16.7 Å². The molecule has 0 heterocycles. The van der Waals surface area contributed by atoms with E-state index in [1.165, 1.54) is 11.1 Å². The summed E-state index contributed by atoms with van der Waals surface area (Å²) < 4.78 is 0. The molecule has 3 rings (SSSR count). The number of anilines is 1. The molecule has 2 N–H and O–H groups in total. The Morgan fingerprint density at radius 3 is 2.04 bits per heavy atom. The van der Waals surface area contributed by atoms with Crippen molar-refractivity contribution in [3.63, 3.8) is 0 Å². The van der Waals surface area contributed by atoms with Gasteiger partial charge in [-0.1, -0.05) is 78.9 Å². The molecule has 0 radical (unpaired) electrons. The first kappa shape index (κ1) is 16.9. The highest BCUT2D eigenvalue weighted by atomic mass is 16.1. The average molecular weight is 330 g/mol. The molecule has 0 unspecified atom stereocenters. The molecule has 0 atom stereocenters. The lowest BCUT2D eigenvalue weighted by Crippen LogP contribution is -2.28. The summed E-state index contributed by atoms with van der Waals surface area (Å²) in [6.45, 7) is 0.967. The van der Waals surface area contributed by atoms with Crippen LogP contribution in [0.5, 0.6) is 0 Å². The zero-order valence-electron chi connectivity index (χ0n) is 14.1. The van der Waals surface area contributed by atoms with E-state index in [0.29, 0.717) is 6.54 Å². The van der Waals surface area contributed by atoms with Crippen LogP contribution in [0.2, 0.25) is 0 Å². The average Bonchev–Trinajstić information content (AvgIpc) is 2.65. The number of hydrogen-bond acceptors (Lipinski definition) is 2. The van der Waals surface area contributed by atoms with Crippen molar-refractivity contribution in [2.24, 2.45) is 0 Å². The number of carbonyl (C=O) groups is 1. The minimum absolute atomic E-state index is 0.0311. The Morgan fingerprint density at radius 1 is 0.720 bits per heavy atom. The molecule has 0 spiro atoms. The monoisotopic (exact) mass is 330 g/mol. The summed E-state index contributed by atoms with van der Waals surface area (Å²) in [7, 11) is 0. The normalized spacial score (nSPS) is 10.4. The van der Waals surface area contributed by atoms with Crippen molar-refractivity contribution >= 4 is 11.6 Å². The van der Waals surface area contributed by atoms with E-state index >= 15 is 0 Å². The maximum absolute atomic E-state index is 12.2. The number of nitrogens with one attached hydrogen (secondary N) is 2. The molecule has 0 fully saturated rings. The van der Waals surface area contributed by atoms with Crippen molar-refractivity contribution in [3.05, 3.63) is 102 Å². The SMILES string of the molecule is O=C(CNCc1ccccc1)Nc1ccccc1Cc1ccccc1. The van der Waals surface area contributed by atoms with Gasteiger partial charge in [0.05, 0.1) is 6.54 Å². The first-order chi connectivity index (χ1) is 12.3. The molecule has 0 aliphatic rings. The van der Waals surface area contributed by atoms with Crippen molar-refractivity contribution < 1.29 is 4.79 Å². The number of benzene rings is 3. The summed E-state index contributed by atoms with van der Waals surface area (Å²) in [5.74, 6) is -0.0311. The van der Waals surface area contributed by atoms with Crippen LogP contribution < -0.4 is 10.6 Å². The molecule has 1 amide bonds. The van der Waals surface area contributed by atoms with Crippen LogP contribution in [0.25, 0.3) is 0 Å². The lowest BCUT2D eigenvalue weighted by atomic mass is 10.0. The molecule has 25 heavy (non-hydrogen) atoms. The predicted molar refractivity (Wildman–Crippen MR) is 102 cm³/mol. The summed E-state index contributed by atoms with van der Waals surface area (Å²) in [4.78, 5) is 12.2. The van der Waals surface area contributed by atoms with Crippen molar-refractivity contribution in [1.29, 1.82) is 0 Å². The Morgan fingerprint density at radius 2 is 1.32 bits per heavy atom. The first-order valence-corrected chi connectivity index (χ1v) is 8.47. The third-order valence-corrected chi connectivity index (χ3v) is 3.99. The molecular formula is C22H22N2O. The van der Waals surface area contributed by atoms with Gasteiger partial charge in [0, 0.05) is 12.2 Å². The van der Waals surface area contributed by atoms with E-state index in [1.807, 2.05) is 66.7 Å². The second-order valence-electron chi connectivity index (χ2n) is 5.96. The molecule has 3 aromatic carbocycles. The van der Waals surface area contributed by atoms with Crippen LogP contribution in [0.3, 0.4) is 0 Å². The highest BCUT2D eigenvalue weighted by Crippen LogP contribution is 2.19. The molecule has 0 saturated carbocycles. The van der Waals surface area contributed by atoms with Crippen LogP contribution in [-0.4, -0.2) is 12.5 Å². The lowest BCUT2D eigenvalue weighted by Gasteiger charge is -2.12. The highest BCUT2D eigenvalue weighted by Gasteiger charge is 2.07. The fourth-order valence-corrected chi connectivity index (χ4v) is 2.72. The fourth-order valence-electron chi connectivity index (χ4n) is 2.72. The van der Waals surface area contributed by atoms with E-state index in [0.717, 1.165) is 17.7 Å². The van der Waals surface area contributed by atoms with Crippen molar-refractivity contribution in [3.8, 4) is 0 Å². The Labute approximate surface area is 148 Å². The summed E-state index contributed by atoms with van der Waals surface area (Å²) in [6.07, 6.45) is 0.800. The molecule has 3 heteroatoms. The van der Waals surface area contributed by atoms with E-state index in [9.17, 15) is 4.79 Å². The third kappa shape index (κ3) is 5.30. The standard InChI is InChI=1S/C22H22N2O/c25-22(17-23-16-19-11-5-2-6-12-19)24-21-14-8-7-13-20(21)15-18-9-3-1-4-10-18/h1-14,23H,15-17H2,(H,24,25). The zero-order chi connectivity index (χ0) is 17.3. The van der Waals surface area contributed by atoms with Gasteiger partial charge in [-0.3, -0.25) is 4.79 Å². The van der Waals surface area contributed by atoms with Crippen molar-refractivity contribution in [2.75, 3.05) is 11.9 Å². The second kappa shape index (κ2) is 8.81. The van der Waals surface area contributed by atoms with Crippen molar-refractivity contribution in [1.82, 2.24) is 5.32 Å². The second-order valence-corrected chi connectivity index (χ2v) is 5.96. The number of rotatable bonds is 7. The van der Waals surface area contributed by atoms with E-state index < -0.39 is 0 Å². The van der Waals surface area contributed by atoms with Gasteiger partial charge in [-0.05, 0) is 29.2 Å². The van der Waals surface area contributed by atoms with Crippen LogP contribution in [0, 0.1) is 0 Å². The Kier molecular flexibility index (Phi) is 5.96. The molecular weight excluding hydrogens is 308 g/mol. The van der Waals surface area contributed by atoms with Gasteiger partial charge < -0.3 is 10.6 Å². The summed E-state index contributed by atoms with van der Waals surface area (Å²) >= 11 is 0. The van der Waals surface area contributed by atoms with Crippen LogP contribution >= 0.6 is 0 Å². The molecule has 126 valence electrons. The Balaban J connectivity index is 1.56. The molecule has 0 aliphatic carbocycles. The summed E-state index contributed by atoms with van der Waals surface area (Å²) in [5, 5.41) is 6.19. The molecule has 0 aliphatic heterocycles.